The zero-order valence-corrected chi connectivity index (χ0v) is 12.1. The molecule has 21 heavy (non-hydrogen) atoms. The quantitative estimate of drug-likeness (QED) is 0.742. The Morgan fingerprint density at radius 3 is 2.71 bits per heavy atom. The zero-order chi connectivity index (χ0) is 14.2. The Morgan fingerprint density at radius 1 is 1.05 bits per heavy atom. The summed E-state index contributed by atoms with van der Waals surface area (Å²) in [7, 11) is 0. The fraction of sp³-hybridized carbons (Fsp3) is 0.200. The summed E-state index contributed by atoms with van der Waals surface area (Å²) < 4.78 is 0. The predicted octanol–water partition coefficient (Wildman–Crippen LogP) is 4.87. The van der Waals surface area contributed by atoms with E-state index in [4.69, 9.17) is 0 Å². The molecule has 1 aliphatic heterocycles. The Hall–Kier alpha value is -2.28. The number of para-hydroxylation sites is 1. The van der Waals surface area contributed by atoms with Gasteiger partial charge in [-0.1, -0.05) is 61.2 Å². The fourth-order valence-corrected chi connectivity index (χ4v) is 3.64. The lowest BCUT2D eigenvalue weighted by Gasteiger charge is -2.32. The summed E-state index contributed by atoms with van der Waals surface area (Å²) in [5.74, 6) is 0.483. The van der Waals surface area contributed by atoms with E-state index in [2.05, 4.69) is 72.2 Å². The summed E-state index contributed by atoms with van der Waals surface area (Å²) in [5.41, 5.74) is 5.57. The van der Waals surface area contributed by atoms with Gasteiger partial charge >= 0.3 is 0 Å². The monoisotopic (exact) mass is 273 g/mol. The van der Waals surface area contributed by atoms with Crippen molar-refractivity contribution < 1.29 is 0 Å². The molecule has 0 saturated heterocycles. The van der Waals surface area contributed by atoms with Crippen LogP contribution in [-0.2, 0) is 0 Å². The van der Waals surface area contributed by atoms with Gasteiger partial charge in [0.25, 0.3) is 0 Å². The molecule has 2 aliphatic carbocycles. The van der Waals surface area contributed by atoms with Crippen molar-refractivity contribution in [3.63, 3.8) is 0 Å². The molecule has 0 N–H and O–H groups in total. The molecule has 0 amide bonds. The lowest BCUT2D eigenvalue weighted by molar-refractivity contribution is 0.698. The number of anilines is 1. The molecule has 0 saturated carbocycles. The van der Waals surface area contributed by atoms with Crippen LogP contribution in [0, 0.1) is 0 Å². The van der Waals surface area contributed by atoms with Crippen LogP contribution in [0.25, 0.3) is 0 Å². The standard InChI is InChI=1S/C20H19N/c1-2-15-11-13-16(14-12-15)21-19-9-5-3-7-17(19)18-8-4-6-10-20(18)21/h2-11,13,17,19H,1,12,14H2. The summed E-state index contributed by atoms with van der Waals surface area (Å²) in [6.07, 6.45) is 17.6. The van der Waals surface area contributed by atoms with E-state index >= 15 is 0 Å². The highest BCUT2D eigenvalue weighted by Gasteiger charge is 2.37. The SMILES string of the molecule is C=CC1=CC=C(N2c3ccccc3C3C=CC=CC32)CC1. The Morgan fingerprint density at radius 2 is 1.90 bits per heavy atom. The molecule has 1 heterocycles. The molecule has 0 bridgehead atoms. The number of allylic oxidation sites excluding steroid dienone is 7. The van der Waals surface area contributed by atoms with Crippen molar-refractivity contribution in [3.8, 4) is 0 Å². The largest absolute Gasteiger partial charge is 0.337 e. The van der Waals surface area contributed by atoms with Gasteiger partial charge in [-0.3, -0.25) is 0 Å². The minimum absolute atomic E-state index is 0.428. The first-order valence-electron chi connectivity index (χ1n) is 7.64. The van der Waals surface area contributed by atoms with E-state index in [0.717, 1.165) is 12.8 Å². The van der Waals surface area contributed by atoms with Gasteiger partial charge in [0.05, 0.1) is 6.04 Å². The highest BCUT2D eigenvalue weighted by atomic mass is 15.2. The van der Waals surface area contributed by atoms with Gasteiger partial charge in [-0.05, 0) is 36.1 Å². The lowest BCUT2D eigenvalue weighted by atomic mass is 9.91. The molecule has 0 fully saturated rings. The van der Waals surface area contributed by atoms with Crippen LogP contribution in [0.4, 0.5) is 5.69 Å². The second-order valence-electron chi connectivity index (χ2n) is 5.82. The maximum atomic E-state index is 3.88. The van der Waals surface area contributed by atoms with Gasteiger partial charge in [-0.2, -0.15) is 0 Å². The van der Waals surface area contributed by atoms with Crippen LogP contribution < -0.4 is 4.90 Å². The van der Waals surface area contributed by atoms with Crippen LogP contribution >= 0.6 is 0 Å². The van der Waals surface area contributed by atoms with Crippen LogP contribution in [0.1, 0.15) is 24.3 Å². The fourth-order valence-electron chi connectivity index (χ4n) is 3.64. The van der Waals surface area contributed by atoms with Crippen molar-refractivity contribution in [2.24, 2.45) is 0 Å². The van der Waals surface area contributed by atoms with E-state index in [0.29, 0.717) is 12.0 Å². The van der Waals surface area contributed by atoms with Crippen molar-refractivity contribution >= 4 is 5.69 Å². The molecule has 1 aromatic rings. The van der Waals surface area contributed by atoms with Crippen molar-refractivity contribution in [3.05, 3.63) is 90.2 Å². The second-order valence-corrected chi connectivity index (χ2v) is 5.82. The number of benzene rings is 1. The number of fused-ring (bicyclic) bond motifs is 3. The Labute approximate surface area is 126 Å². The van der Waals surface area contributed by atoms with E-state index in [1.807, 2.05) is 6.08 Å². The third-order valence-corrected chi connectivity index (χ3v) is 4.69. The first-order chi connectivity index (χ1) is 10.4. The van der Waals surface area contributed by atoms with E-state index in [1.54, 1.807) is 0 Å². The summed E-state index contributed by atoms with van der Waals surface area (Å²) in [4.78, 5) is 2.52. The molecule has 4 rings (SSSR count). The maximum Gasteiger partial charge on any atom is 0.0626 e. The van der Waals surface area contributed by atoms with Gasteiger partial charge in [-0.15, -0.1) is 0 Å². The number of hydrogen-bond donors (Lipinski definition) is 0. The van der Waals surface area contributed by atoms with E-state index in [9.17, 15) is 0 Å². The van der Waals surface area contributed by atoms with Crippen LogP contribution in [0.3, 0.4) is 0 Å². The Balaban J connectivity index is 1.80. The lowest BCUT2D eigenvalue weighted by Crippen LogP contribution is -2.32. The molecule has 2 atom stereocenters. The van der Waals surface area contributed by atoms with Crippen LogP contribution in [0.5, 0.6) is 0 Å². The Kier molecular flexibility index (Phi) is 2.92. The number of nitrogens with zero attached hydrogens (tertiary/aromatic N) is 1. The third kappa shape index (κ3) is 1.92. The van der Waals surface area contributed by atoms with Crippen LogP contribution in [0.2, 0.25) is 0 Å². The van der Waals surface area contributed by atoms with Crippen LogP contribution in [0.15, 0.2) is 84.6 Å². The smallest absolute Gasteiger partial charge is 0.0626 e. The average Bonchev–Trinajstić information content (AvgIpc) is 2.90. The van der Waals surface area contributed by atoms with Gasteiger partial charge in [0.2, 0.25) is 0 Å². The minimum atomic E-state index is 0.428. The van der Waals surface area contributed by atoms with Gasteiger partial charge in [0.15, 0.2) is 0 Å². The summed E-state index contributed by atoms with van der Waals surface area (Å²) in [6.45, 7) is 3.88. The molecule has 3 aliphatic rings. The molecule has 1 heteroatoms. The van der Waals surface area contributed by atoms with Gasteiger partial charge in [0.1, 0.15) is 0 Å². The highest BCUT2D eigenvalue weighted by Crippen LogP contribution is 2.46. The van der Waals surface area contributed by atoms with E-state index in [1.165, 1.54) is 22.5 Å². The van der Waals surface area contributed by atoms with E-state index in [-0.39, 0.29) is 0 Å². The number of hydrogen-bond acceptors (Lipinski definition) is 1. The van der Waals surface area contributed by atoms with Crippen molar-refractivity contribution in [1.29, 1.82) is 0 Å². The molecule has 104 valence electrons. The minimum Gasteiger partial charge on any atom is -0.337 e. The molecule has 0 spiro atoms. The molecular weight excluding hydrogens is 254 g/mol. The normalized spacial score (nSPS) is 26.0. The van der Waals surface area contributed by atoms with Crippen LogP contribution in [-0.4, -0.2) is 6.04 Å². The summed E-state index contributed by atoms with van der Waals surface area (Å²) >= 11 is 0. The maximum absolute atomic E-state index is 3.88. The summed E-state index contributed by atoms with van der Waals surface area (Å²) in [5, 5.41) is 0. The topological polar surface area (TPSA) is 3.24 Å². The first kappa shape index (κ1) is 12.5. The van der Waals surface area contributed by atoms with Gasteiger partial charge in [0, 0.05) is 17.3 Å². The molecule has 0 aromatic heterocycles. The van der Waals surface area contributed by atoms with E-state index < -0.39 is 0 Å². The summed E-state index contributed by atoms with van der Waals surface area (Å²) in [6, 6.07) is 9.24. The third-order valence-electron chi connectivity index (χ3n) is 4.69. The van der Waals surface area contributed by atoms with Crippen molar-refractivity contribution in [2.75, 3.05) is 4.90 Å². The molecule has 0 radical (unpaired) electrons. The first-order valence-corrected chi connectivity index (χ1v) is 7.64. The van der Waals surface area contributed by atoms with Gasteiger partial charge < -0.3 is 4.90 Å². The second kappa shape index (κ2) is 4.92. The molecule has 2 unspecified atom stereocenters. The average molecular weight is 273 g/mol. The van der Waals surface area contributed by atoms with Crippen molar-refractivity contribution in [1.82, 2.24) is 0 Å². The highest BCUT2D eigenvalue weighted by molar-refractivity contribution is 5.69. The van der Waals surface area contributed by atoms with Gasteiger partial charge in [-0.25, -0.2) is 0 Å². The number of rotatable bonds is 2. The molecule has 1 aromatic carbocycles. The molecular formula is C20H19N. The Bertz CT molecular complexity index is 702. The van der Waals surface area contributed by atoms with Crippen molar-refractivity contribution in [2.45, 2.75) is 24.8 Å². The zero-order valence-electron chi connectivity index (χ0n) is 12.1. The predicted molar refractivity (Wildman–Crippen MR) is 89.3 cm³/mol. The molecule has 1 nitrogen and oxygen atoms in total.